The molecular formula is C12H23NO2. The van der Waals surface area contributed by atoms with E-state index in [4.69, 9.17) is 5.11 Å². The second-order valence-electron chi connectivity index (χ2n) is 4.89. The van der Waals surface area contributed by atoms with Crippen molar-refractivity contribution < 1.29 is 9.90 Å². The molecule has 0 aliphatic heterocycles. The topological polar surface area (TPSA) is 49.3 Å². The number of aliphatic hydroxyl groups excluding tert-OH is 1. The van der Waals surface area contributed by atoms with Crippen LogP contribution in [0.2, 0.25) is 0 Å². The molecular weight excluding hydrogens is 190 g/mol. The molecule has 0 radical (unpaired) electrons. The summed E-state index contributed by atoms with van der Waals surface area (Å²) in [4.78, 5) is 11.7. The molecule has 0 heterocycles. The summed E-state index contributed by atoms with van der Waals surface area (Å²) in [6.07, 6.45) is 4.73. The summed E-state index contributed by atoms with van der Waals surface area (Å²) in [6, 6.07) is 0. The largest absolute Gasteiger partial charge is 0.393 e. The molecule has 15 heavy (non-hydrogen) atoms. The van der Waals surface area contributed by atoms with Crippen LogP contribution in [0.1, 0.15) is 46.0 Å². The highest BCUT2D eigenvalue weighted by molar-refractivity contribution is 5.78. The van der Waals surface area contributed by atoms with Crippen LogP contribution in [0, 0.1) is 11.8 Å². The minimum atomic E-state index is -0.323. The molecule has 0 aromatic carbocycles. The van der Waals surface area contributed by atoms with E-state index < -0.39 is 0 Å². The third-order valence-corrected chi connectivity index (χ3v) is 3.25. The van der Waals surface area contributed by atoms with Gasteiger partial charge in [0, 0.05) is 12.5 Å². The maximum absolute atomic E-state index is 11.7. The molecule has 1 aliphatic rings. The number of hydrogen-bond donors (Lipinski definition) is 2. The Balaban J connectivity index is 2.17. The van der Waals surface area contributed by atoms with Crippen molar-refractivity contribution in [2.45, 2.75) is 52.1 Å². The van der Waals surface area contributed by atoms with E-state index in [-0.39, 0.29) is 17.9 Å². The number of carbonyl (C=O) groups is 1. The quantitative estimate of drug-likeness (QED) is 0.746. The first-order valence-electron chi connectivity index (χ1n) is 6.05. The van der Waals surface area contributed by atoms with Crippen LogP contribution in [0.25, 0.3) is 0 Å². The summed E-state index contributed by atoms with van der Waals surface area (Å²) in [7, 11) is 0. The van der Waals surface area contributed by atoms with Gasteiger partial charge in [0.1, 0.15) is 0 Å². The zero-order chi connectivity index (χ0) is 11.3. The Morgan fingerprint density at radius 2 is 2.00 bits per heavy atom. The van der Waals surface area contributed by atoms with Crippen LogP contribution in [0.5, 0.6) is 0 Å². The number of rotatable bonds is 4. The Morgan fingerprint density at radius 1 is 1.40 bits per heavy atom. The molecule has 1 unspecified atom stereocenters. The number of nitrogens with one attached hydrogen (secondary N) is 1. The molecule has 0 aromatic heterocycles. The van der Waals surface area contributed by atoms with Gasteiger partial charge >= 0.3 is 0 Å². The van der Waals surface area contributed by atoms with E-state index in [1.807, 2.05) is 0 Å². The first-order valence-corrected chi connectivity index (χ1v) is 6.05. The highest BCUT2D eigenvalue weighted by Crippen LogP contribution is 2.28. The predicted molar refractivity (Wildman–Crippen MR) is 60.4 cm³/mol. The minimum Gasteiger partial charge on any atom is -0.393 e. The van der Waals surface area contributed by atoms with Crippen LogP contribution in [0.4, 0.5) is 0 Å². The fraction of sp³-hybridized carbons (Fsp3) is 0.917. The summed E-state index contributed by atoms with van der Waals surface area (Å²) < 4.78 is 0. The fourth-order valence-corrected chi connectivity index (χ4v) is 2.07. The number of amides is 1. The first kappa shape index (κ1) is 12.5. The highest BCUT2D eigenvalue weighted by Gasteiger charge is 2.23. The molecule has 0 spiro atoms. The lowest BCUT2D eigenvalue weighted by Gasteiger charge is -2.25. The minimum absolute atomic E-state index is 0.183. The van der Waals surface area contributed by atoms with Crippen molar-refractivity contribution in [1.82, 2.24) is 5.32 Å². The molecule has 1 rings (SSSR count). The van der Waals surface area contributed by atoms with E-state index >= 15 is 0 Å². The number of aliphatic hydroxyl groups is 1. The van der Waals surface area contributed by atoms with Gasteiger partial charge in [-0.05, 0) is 44.9 Å². The van der Waals surface area contributed by atoms with Crippen molar-refractivity contribution in [3.8, 4) is 0 Å². The Kier molecular flexibility index (Phi) is 5.09. The average Bonchev–Trinajstić information content (AvgIpc) is 2.18. The van der Waals surface area contributed by atoms with Gasteiger partial charge in [-0.25, -0.2) is 0 Å². The highest BCUT2D eigenvalue weighted by atomic mass is 16.3. The molecule has 3 nitrogen and oxygen atoms in total. The zero-order valence-electron chi connectivity index (χ0n) is 9.83. The summed E-state index contributed by atoms with van der Waals surface area (Å²) >= 11 is 0. The van der Waals surface area contributed by atoms with Crippen molar-refractivity contribution in [2.75, 3.05) is 6.54 Å². The van der Waals surface area contributed by atoms with E-state index in [0.29, 0.717) is 13.0 Å². The lowest BCUT2D eigenvalue weighted by Crippen LogP contribution is -2.34. The Hall–Kier alpha value is -0.570. The van der Waals surface area contributed by atoms with Crippen LogP contribution in [0.15, 0.2) is 0 Å². The third-order valence-electron chi connectivity index (χ3n) is 3.25. The van der Waals surface area contributed by atoms with Gasteiger partial charge in [0.2, 0.25) is 5.91 Å². The van der Waals surface area contributed by atoms with Gasteiger partial charge < -0.3 is 10.4 Å². The van der Waals surface area contributed by atoms with Crippen molar-refractivity contribution in [1.29, 1.82) is 0 Å². The van der Waals surface area contributed by atoms with Crippen molar-refractivity contribution in [3.63, 3.8) is 0 Å². The summed E-state index contributed by atoms with van der Waals surface area (Å²) in [5.41, 5.74) is 0. The molecule has 1 fully saturated rings. The lowest BCUT2D eigenvalue weighted by molar-refractivity contribution is -0.126. The summed E-state index contributed by atoms with van der Waals surface area (Å²) in [5.74, 6) is 1.18. The maximum Gasteiger partial charge on any atom is 0.223 e. The molecule has 1 atom stereocenters. The zero-order valence-corrected chi connectivity index (χ0v) is 9.83. The van der Waals surface area contributed by atoms with Gasteiger partial charge in [-0.2, -0.15) is 0 Å². The normalized spacial score (nSPS) is 28.5. The van der Waals surface area contributed by atoms with Crippen LogP contribution in [-0.4, -0.2) is 23.7 Å². The van der Waals surface area contributed by atoms with Gasteiger partial charge in [0.15, 0.2) is 0 Å². The molecule has 1 saturated carbocycles. The summed E-state index contributed by atoms with van der Waals surface area (Å²) in [6.45, 7) is 4.60. The molecule has 3 heteroatoms. The van der Waals surface area contributed by atoms with Crippen LogP contribution < -0.4 is 5.32 Å². The maximum atomic E-state index is 11.7. The van der Waals surface area contributed by atoms with Gasteiger partial charge in [-0.3, -0.25) is 4.79 Å². The standard InChI is InChI=1S/C12H23NO2/c1-9-3-5-11(6-4-9)12(15)13-8-7-10(2)14/h9-11,14H,3-8H2,1-2H3,(H,13,15). The molecule has 0 bridgehead atoms. The van der Waals surface area contributed by atoms with Crippen LogP contribution in [-0.2, 0) is 4.79 Å². The van der Waals surface area contributed by atoms with E-state index in [9.17, 15) is 4.79 Å². The molecule has 2 N–H and O–H groups in total. The Morgan fingerprint density at radius 3 is 2.53 bits per heavy atom. The molecule has 0 saturated heterocycles. The monoisotopic (exact) mass is 213 g/mol. The predicted octanol–water partition coefficient (Wildman–Crippen LogP) is 1.70. The van der Waals surface area contributed by atoms with Gasteiger partial charge in [0.25, 0.3) is 0 Å². The van der Waals surface area contributed by atoms with E-state index in [1.54, 1.807) is 6.92 Å². The smallest absolute Gasteiger partial charge is 0.223 e. The van der Waals surface area contributed by atoms with Crippen molar-refractivity contribution in [2.24, 2.45) is 11.8 Å². The molecule has 1 aliphatic carbocycles. The van der Waals surface area contributed by atoms with Crippen molar-refractivity contribution >= 4 is 5.91 Å². The second kappa shape index (κ2) is 6.11. The van der Waals surface area contributed by atoms with Crippen LogP contribution >= 0.6 is 0 Å². The summed E-state index contributed by atoms with van der Waals surface area (Å²) in [5, 5.41) is 12.0. The van der Waals surface area contributed by atoms with Gasteiger partial charge in [-0.1, -0.05) is 6.92 Å². The number of hydrogen-bond acceptors (Lipinski definition) is 2. The Bertz CT molecular complexity index is 196. The van der Waals surface area contributed by atoms with E-state index in [2.05, 4.69) is 12.2 Å². The molecule has 88 valence electrons. The second-order valence-corrected chi connectivity index (χ2v) is 4.89. The van der Waals surface area contributed by atoms with Gasteiger partial charge in [0.05, 0.1) is 6.10 Å². The molecule has 1 amide bonds. The number of carbonyl (C=O) groups excluding carboxylic acids is 1. The average molecular weight is 213 g/mol. The third kappa shape index (κ3) is 4.65. The van der Waals surface area contributed by atoms with E-state index in [1.165, 1.54) is 12.8 Å². The van der Waals surface area contributed by atoms with Crippen LogP contribution in [0.3, 0.4) is 0 Å². The Labute approximate surface area is 92.3 Å². The molecule has 0 aromatic rings. The fourth-order valence-electron chi connectivity index (χ4n) is 2.07. The lowest BCUT2D eigenvalue weighted by atomic mass is 9.82. The van der Waals surface area contributed by atoms with Crippen molar-refractivity contribution in [3.05, 3.63) is 0 Å². The van der Waals surface area contributed by atoms with Gasteiger partial charge in [-0.15, -0.1) is 0 Å². The first-order chi connectivity index (χ1) is 7.09. The van der Waals surface area contributed by atoms with E-state index in [0.717, 1.165) is 18.8 Å². The SMILES string of the molecule is CC(O)CCNC(=O)C1CCC(C)CC1.